The van der Waals surface area contributed by atoms with Crippen molar-refractivity contribution in [3.8, 4) is 11.5 Å². The number of carbonyl (C=O) groups excluding carboxylic acids is 4. The molecule has 4 rings (SSSR count). The Balaban J connectivity index is 1.43. The number of hydrogen-bond donors (Lipinski definition) is 0. The van der Waals surface area contributed by atoms with Crippen LogP contribution in [0.1, 0.15) is 38.2 Å². The molecular formula is C24H29N3O6S. The summed E-state index contributed by atoms with van der Waals surface area (Å²) in [5.41, 5.74) is 0.651. The molecule has 0 bridgehead atoms. The number of ether oxygens (including phenoxy) is 2. The molecule has 0 N–H and O–H groups in total. The Kier molecular flexibility index (Phi) is 7.77. The molecule has 0 saturated carbocycles. The zero-order valence-electron chi connectivity index (χ0n) is 19.3. The molecule has 4 amide bonds. The summed E-state index contributed by atoms with van der Waals surface area (Å²) >= 11 is 0.818. The number of likely N-dealkylation sites (tertiary alicyclic amines) is 2. The van der Waals surface area contributed by atoms with Crippen molar-refractivity contribution in [1.29, 1.82) is 0 Å². The van der Waals surface area contributed by atoms with Crippen LogP contribution in [0.4, 0.5) is 4.79 Å². The molecule has 9 nitrogen and oxygen atoms in total. The third kappa shape index (κ3) is 5.55. The predicted molar refractivity (Wildman–Crippen MR) is 127 cm³/mol. The molecule has 3 fully saturated rings. The van der Waals surface area contributed by atoms with Gasteiger partial charge in [-0.3, -0.25) is 24.1 Å². The predicted octanol–water partition coefficient (Wildman–Crippen LogP) is 2.75. The molecule has 0 unspecified atom stereocenters. The second kappa shape index (κ2) is 10.9. The molecule has 0 aromatic heterocycles. The number of rotatable bonds is 8. The topological polar surface area (TPSA) is 96.5 Å². The molecule has 34 heavy (non-hydrogen) atoms. The van der Waals surface area contributed by atoms with Crippen molar-refractivity contribution in [2.75, 3.05) is 45.9 Å². The van der Waals surface area contributed by atoms with Crippen LogP contribution in [0.5, 0.6) is 11.5 Å². The number of nitrogens with zero attached hydrogens (tertiary/aromatic N) is 3. The van der Waals surface area contributed by atoms with E-state index in [4.69, 9.17) is 9.47 Å². The lowest BCUT2D eigenvalue weighted by atomic mass is 10.2. The van der Waals surface area contributed by atoms with Crippen LogP contribution in [0, 0.1) is 0 Å². The Labute approximate surface area is 203 Å². The molecule has 0 atom stereocenters. The zero-order valence-corrected chi connectivity index (χ0v) is 20.1. The van der Waals surface area contributed by atoms with E-state index >= 15 is 0 Å². The highest BCUT2D eigenvalue weighted by molar-refractivity contribution is 8.18. The number of benzene rings is 1. The Morgan fingerprint density at radius 3 is 2.24 bits per heavy atom. The highest BCUT2D eigenvalue weighted by Crippen LogP contribution is 2.35. The van der Waals surface area contributed by atoms with E-state index in [-0.39, 0.29) is 29.9 Å². The first-order valence-electron chi connectivity index (χ1n) is 11.7. The molecule has 0 spiro atoms. The normalized spacial score (nSPS) is 19.4. The molecule has 3 saturated heterocycles. The van der Waals surface area contributed by atoms with Crippen LogP contribution >= 0.6 is 11.8 Å². The fourth-order valence-corrected chi connectivity index (χ4v) is 5.03. The fraction of sp³-hybridized carbons (Fsp3) is 0.500. The van der Waals surface area contributed by atoms with Crippen LogP contribution in [0.15, 0.2) is 23.1 Å². The van der Waals surface area contributed by atoms with Gasteiger partial charge in [0.2, 0.25) is 5.91 Å². The van der Waals surface area contributed by atoms with Gasteiger partial charge in [0, 0.05) is 26.2 Å². The van der Waals surface area contributed by atoms with Crippen LogP contribution in [0.2, 0.25) is 0 Å². The minimum absolute atomic E-state index is 0.0545. The summed E-state index contributed by atoms with van der Waals surface area (Å²) in [5, 5.41) is -0.450. The summed E-state index contributed by atoms with van der Waals surface area (Å²) in [6.07, 6.45) is 5.53. The lowest BCUT2D eigenvalue weighted by molar-refractivity contribution is -0.135. The third-order valence-corrected chi connectivity index (χ3v) is 6.91. The lowest BCUT2D eigenvalue weighted by Gasteiger charge is -2.18. The van der Waals surface area contributed by atoms with Crippen molar-refractivity contribution < 1.29 is 28.7 Å². The largest absolute Gasteiger partial charge is 0.490 e. The molecular weight excluding hydrogens is 458 g/mol. The van der Waals surface area contributed by atoms with Gasteiger partial charge in [-0.05, 0) is 68.1 Å². The van der Waals surface area contributed by atoms with Crippen LogP contribution < -0.4 is 9.47 Å². The first-order chi connectivity index (χ1) is 16.5. The maximum atomic E-state index is 12.8. The van der Waals surface area contributed by atoms with Gasteiger partial charge in [0.25, 0.3) is 17.1 Å². The molecule has 3 aliphatic heterocycles. The van der Waals surface area contributed by atoms with Crippen molar-refractivity contribution in [3.63, 3.8) is 0 Å². The standard InChI is InChI=1S/C24H29N3O6S/c1-2-32-19-13-17(7-8-18(19)33-16-22(29)26-11-5-6-12-26)14-20-23(30)27(24(31)34-20)15-21(28)25-9-3-4-10-25/h7-8,13-14H,2-6,9-12,15-16H2,1H3/b20-14-. The van der Waals surface area contributed by atoms with Crippen molar-refractivity contribution in [2.24, 2.45) is 0 Å². The average molecular weight is 488 g/mol. The minimum Gasteiger partial charge on any atom is -0.490 e. The van der Waals surface area contributed by atoms with Crippen LogP contribution in [0.25, 0.3) is 6.08 Å². The van der Waals surface area contributed by atoms with Gasteiger partial charge in [0.1, 0.15) is 6.54 Å². The molecule has 0 radical (unpaired) electrons. The second-order valence-corrected chi connectivity index (χ2v) is 9.36. The van der Waals surface area contributed by atoms with E-state index in [2.05, 4.69) is 0 Å². The number of amides is 4. The average Bonchev–Trinajstić information content (AvgIpc) is 3.59. The second-order valence-electron chi connectivity index (χ2n) is 8.37. The van der Waals surface area contributed by atoms with Crippen molar-refractivity contribution in [1.82, 2.24) is 14.7 Å². The van der Waals surface area contributed by atoms with Gasteiger partial charge in [-0.1, -0.05) is 6.07 Å². The van der Waals surface area contributed by atoms with E-state index in [0.717, 1.165) is 55.4 Å². The summed E-state index contributed by atoms with van der Waals surface area (Å²) in [4.78, 5) is 54.6. The summed E-state index contributed by atoms with van der Waals surface area (Å²) in [5.74, 6) is 0.160. The maximum Gasteiger partial charge on any atom is 0.294 e. The summed E-state index contributed by atoms with van der Waals surface area (Å²) in [6.45, 7) is 4.80. The molecule has 10 heteroatoms. The van der Waals surface area contributed by atoms with E-state index < -0.39 is 11.1 Å². The Bertz CT molecular complexity index is 998. The first kappa shape index (κ1) is 24.1. The number of carbonyl (C=O) groups is 4. The van der Waals surface area contributed by atoms with E-state index in [1.165, 1.54) is 0 Å². The monoisotopic (exact) mass is 487 g/mol. The van der Waals surface area contributed by atoms with Gasteiger partial charge in [-0.25, -0.2) is 0 Å². The number of thioether (sulfide) groups is 1. The Morgan fingerprint density at radius 2 is 1.59 bits per heavy atom. The van der Waals surface area contributed by atoms with E-state index in [1.807, 2.05) is 6.92 Å². The number of imide groups is 1. The minimum atomic E-state index is -0.475. The molecule has 3 heterocycles. The molecule has 3 aliphatic rings. The molecule has 1 aromatic carbocycles. The quantitative estimate of drug-likeness (QED) is 0.520. The van der Waals surface area contributed by atoms with Crippen LogP contribution in [-0.4, -0.2) is 83.6 Å². The van der Waals surface area contributed by atoms with Gasteiger partial charge >= 0.3 is 0 Å². The first-order valence-corrected chi connectivity index (χ1v) is 12.5. The molecule has 0 aliphatic carbocycles. The van der Waals surface area contributed by atoms with Gasteiger partial charge in [-0.2, -0.15) is 0 Å². The summed E-state index contributed by atoms with van der Waals surface area (Å²) in [6, 6.07) is 5.14. The summed E-state index contributed by atoms with van der Waals surface area (Å²) < 4.78 is 11.4. The van der Waals surface area contributed by atoms with Gasteiger partial charge < -0.3 is 19.3 Å². The highest BCUT2D eigenvalue weighted by Gasteiger charge is 2.37. The van der Waals surface area contributed by atoms with Crippen molar-refractivity contribution in [3.05, 3.63) is 28.7 Å². The van der Waals surface area contributed by atoms with Crippen molar-refractivity contribution in [2.45, 2.75) is 32.6 Å². The number of hydrogen-bond acceptors (Lipinski definition) is 7. The Hall–Kier alpha value is -3.01. The maximum absolute atomic E-state index is 12.8. The van der Waals surface area contributed by atoms with E-state index in [9.17, 15) is 19.2 Å². The lowest BCUT2D eigenvalue weighted by Crippen LogP contribution is -2.40. The van der Waals surface area contributed by atoms with Gasteiger partial charge in [0.15, 0.2) is 18.1 Å². The molecule has 1 aromatic rings. The van der Waals surface area contributed by atoms with Crippen molar-refractivity contribution >= 4 is 40.8 Å². The van der Waals surface area contributed by atoms with Gasteiger partial charge in [0.05, 0.1) is 11.5 Å². The highest BCUT2D eigenvalue weighted by atomic mass is 32.2. The smallest absolute Gasteiger partial charge is 0.294 e. The third-order valence-electron chi connectivity index (χ3n) is 6.00. The molecule has 182 valence electrons. The Morgan fingerprint density at radius 1 is 0.941 bits per heavy atom. The fourth-order valence-electron chi connectivity index (χ4n) is 4.19. The van der Waals surface area contributed by atoms with Crippen LogP contribution in [-0.2, 0) is 14.4 Å². The zero-order chi connectivity index (χ0) is 24.1. The van der Waals surface area contributed by atoms with E-state index in [1.54, 1.807) is 34.1 Å². The summed E-state index contributed by atoms with van der Waals surface area (Å²) in [7, 11) is 0. The van der Waals surface area contributed by atoms with Gasteiger partial charge in [-0.15, -0.1) is 0 Å². The van der Waals surface area contributed by atoms with E-state index in [0.29, 0.717) is 36.8 Å². The SMILES string of the molecule is CCOc1cc(/C=C2\SC(=O)N(CC(=O)N3CCCC3)C2=O)ccc1OCC(=O)N1CCCC1. The van der Waals surface area contributed by atoms with Crippen LogP contribution in [0.3, 0.4) is 0 Å².